The standard InChI is InChI=1S/C21H31N5O2S/c1-6-8-13-26-20(18(7-2)25(4)5)23-24-21(26)29-14-19(28)22-17-12-10-9-11-16(17)15(3)27/h9-12,18H,6-8,13-14H2,1-5H3,(H,22,28)/p+1/t18-/m1/s1. The van der Waals surface area contributed by atoms with Gasteiger partial charge in [-0.05, 0) is 25.5 Å². The normalized spacial score (nSPS) is 12.2. The van der Waals surface area contributed by atoms with Crippen molar-refractivity contribution in [2.75, 3.05) is 25.2 Å². The predicted molar refractivity (Wildman–Crippen MR) is 117 cm³/mol. The Balaban J connectivity index is 2.12. The topological polar surface area (TPSA) is 81.3 Å². The number of carbonyl (C=O) groups is 2. The van der Waals surface area contributed by atoms with E-state index in [2.05, 4.69) is 48.0 Å². The Morgan fingerprint density at radius 3 is 2.55 bits per heavy atom. The summed E-state index contributed by atoms with van der Waals surface area (Å²) in [5, 5.41) is 12.4. The zero-order valence-corrected chi connectivity index (χ0v) is 18.8. The number of nitrogens with one attached hydrogen (secondary N) is 2. The highest BCUT2D eigenvalue weighted by atomic mass is 32.2. The van der Waals surface area contributed by atoms with Gasteiger partial charge in [-0.15, -0.1) is 10.2 Å². The highest BCUT2D eigenvalue weighted by Crippen LogP contribution is 2.22. The highest BCUT2D eigenvalue weighted by molar-refractivity contribution is 7.99. The molecule has 0 aliphatic carbocycles. The molecule has 1 atom stereocenters. The van der Waals surface area contributed by atoms with Gasteiger partial charge in [0.25, 0.3) is 0 Å². The summed E-state index contributed by atoms with van der Waals surface area (Å²) in [6.45, 7) is 6.66. The van der Waals surface area contributed by atoms with Gasteiger partial charge in [-0.1, -0.05) is 44.2 Å². The fourth-order valence-corrected chi connectivity index (χ4v) is 4.03. The van der Waals surface area contributed by atoms with Gasteiger partial charge >= 0.3 is 0 Å². The number of unbranched alkanes of at least 4 members (excludes halogenated alkanes) is 1. The number of para-hydroxylation sites is 1. The van der Waals surface area contributed by atoms with Crippen molar-refractivity contribution in [1.82, 2.24) is 14.8 Å². The van der Waals surface area contributed by atoms with Crippen LogP contribution in [0.3, 0.4) is 0 Å². The van der Waals surface area contributed by atoms with Crippen molar-refractivity contribution in [3.8, 4) is 0 Å². The van der Waals surface area contributed by atoms with Crippen molar-refractivity contribution in [2.45, 2.75) is 57.8 Å². The van der Waals surface area contributed by atoms with Gasteiger partial charge in [0.2, 0.25) is 5.91 Å². The quantitative estimate of drug-likeness (QED) is 0.433. The van der Waals surface area contributed by atoms with Gasteiger partial charge in [-0.2, -0.15) is 0 Å². The number of rotatable bonds is 11. The number of ketones is 1. The maximum absolute atomic E-state index is 12.5. The smallest absolute Gasteiger partial charge is 0.234 e. The van der Waals surface area contributed by atoms with Crippen LogP contribution >= 0.6 is 11.8 Å². The monoisotopic (exact) mass is 418 g/mol. The molecule has 1 amide bonds. The number of Topliss-reactive ketones (excluding diaryl/α,β-unsaturated/α-hetero) is 1. The third-order valence-electron chi connectivity index (χ3n) is 4.81. The Hall–Kier alpha value is -2.19. The summed E-state index contributed by atoms with van der Waals surface area (Å²) in [5.74, 6) is 0.947. The molecule has 1 aromatic carbocycles. The van der Waals surface area contributed by atoms with Crippen LogP contribution in [0.4, 0.5) is 5.69 Å². The average Bonchev–Trinajstić information content (AvgIpc) is 3.07. The first kappa shape index (κ1) is 23.1. The summed E-state index contributed by atoms with van der Waals surface area (Å²) in [5.41, 5.74) is 1.06. The van der Waals surface area contributed by atoms with E-state index in [1.54, 1.807) is 24.3 Å². The van der Waals surface area contributed by atoms with Gasteiger partial charge in [0.05, 0.1) is 25.5 Å². The molecule has 0 saturated heterocycles. The first-order valence-electron chi connectivity index (χ1n) is 10.1. The average molecular weight is 419 g/mol. The van der Waals surface area contributed by atoms with Gasteiger partial charge in [-0.25, -0.2) is 0 Å². The second-order valence-electron chi connectivity index (χ2n) is 7.32. The minimum atomic E-state index is -0.166. The van der Waals surface area contributed by atoms with E-state index in [-0.39, 0.29) is 23.5 Å². The summed E-state index contributed by atoms with van der Waals surface area (Å²) in [6, 6.07) is 7.32. The van der Waals surface area contributed by atoms with Crippen molar-refractivity contribution in [3.63, 3.8) is 0 Å². The van der Waals surface area contributed by atoms with Gasteiger partial charge in [0.15, 0.2) is 16.8 Å². The molecule has 0 aliphatic heterocycles. The van der Waals surface area contributed by atoms with Crippen LogP contribution in [0.1, 0.15) is 62.3 Å². The molecular formula is C21H32N5O2S+. The molecule has 2 N–H and O–H groups in total. The molecule has 0 bridgehead atoms. The van der Waals surface area contributed by atoms with Crippen LogP contribution in [-0.2, 0) is 11.3 Å². The molecule has 0 unspecified atom stereocenters. The Bertz CT molecular complexity index is 834. The number of anilines is 1. The van der Waals surface area contributed by atoms with E-state index in [1.807, 2.05) is 0 Å². The van der Waals surface area contributed by atoms with Gasteiger partial charge in [-0.3, -0.25) is 9.59 Å². The van der Waals surface area contributed by atoms with Gasteiger partial charge in [0.1, 0.15) is 6.04 Å². The molecule has 8 heteroatoms. The third kappa shape index (κ3) is 6.14. The first-order valence-corrected chi connectivity index (χ1v) is 11.1. The second-order valence-corrected chi connectivity index (χ2v) is 8.27. The number of amides is 1. The number of aromatic nitrogens is 3. The zero-order valence-electron chi connectivity index (χ0n) is 18.0. The van der Waals surface area contributed by atoms with Crippen LogP contribution in [0.15, 0.2) is 29.4 Å². The molecule has 1 heterocycles. The Morgan fingerprint density at radius 2 is 1.93 bits per heavy atom. The summed E-state index contributed by atoms with van der Waals surface area (Å²) >= 11 is 1.38. The van der Waals surface area contributed by atoms with E-state index in [4.69, 9.17) is 0 Å². The molecule has 1 aromatic heterocycles. The van der Waals surface area contributed by atoms with E-state index in [1.165, 1.54) is 23.6 Å². The fraction of sp³-hybridized carbons (Fsp3) is 0.524. The molecule has 2 rings (SSSR count). The first-order chi connectivity index (χ1) is 13.9. The molecule has 0 saturated carbocycles. The zero-order chi connectivity index (χ0) is 21.4. The molecule has 158 valence electrons. The lowest BCUT2D eigenvalue weighted by molar-refractivity contribution is -0.893. The van der Waals surface area contributed by atoms with Gasteiger partial charge in [0, 0.05) is 18.5 Å². The van der Waals surface area contributed by atoms with Crippen LogP contribution in [0.5, 0.6) is 0 Å². The van der Waals surface area contributed by atoms with E-state index < -0.39 is 0 Å². The van der Waals surface area contributed by atoms with Crippen LogP contribution in [-0.4, -0.2) is 46.3 Å². The van der Waals surface area contributed by atoms with Gasteiger partial charge < -0.3 is 14.8 Å². The minimum absolute atomic E-state index is 0.0747. The maximum atomic E-state index is 12.5. The lowest BCUT2D eigenvalue weighted by atomic mass is 10.1. The predicted octanol–water partition coefficient (Wildman–Crippen LogP) is 2.61. The van der Waals surface area contributed by atoms with Crippen LogP contribution < -0.4 is 10.2 Å². The Labute approximate surface area is 177 Å². The third-order valence-corrected chi connectivity index (χ3v) is 5.78. The van der Waals surface area contributed by atoms with Crippen LogP contribution in [0.25, 0.3) is 0 Å². The largest absolute Gasteiger partial charge is 0.331 e. The molecule has 0 radical (unpaired) electrons. The summed E-state index contributed by atoms with van der Waals surface area (Å²) in [4.78, 5) is 25.5. The number of nitrogens with zero attached hydrogens (tertiary/aromatic N) is 3. The lowest BCUT2D eigenvalue weighted by Gasteiger charge is -2.20. The van der Waals surface area contributed by atoms with Crippen molar-refractivity contribution in [3.05, 3.63) is 35.7 Å². The second kappa shape index (κ2) is 11.1. The number of hydrogen-bond donors (Lipinski definition) is 2. The summed E-state index contributed by atoms with van der Waals surface area (Å²) in [6.07, 6.45) is 3.09. The molecule has 0 spiro atoms. The van der Waals surface area contributed by atoms with E-state index in [0.717, 1.165) is 36.8 Å². The molecular weight excluding hydrogens is 386 g/mol. The lowest BCUT2D eigenvalue weighted by Crippen LogP contribution is -3.06. The number of hydrogen-bond acceptors (Lipinski definition) is 5. The molecule has 0 aliphatic rings. The molecule has 2 aromatic rings. The number of quaternary nitrogens is 1. The fourth-order valence-electron chi connectivity index (χ4n) is 3.26. The molecule has 29 heavy (non-hydrogen) atoms. The molecule has 7 nitrogen and oxygen atoms in total. The van der Waals surface area contributed by atoms with Crippen molar-refractivity contribution in [2.24, 2.45) is 0 Å². The molecule has 0 fully saturated rings. The van der Waals surface area contributed by atoms with E-state index in [9.17, 15) is 9.59 Å². The van der Waals surface area contributed by atoms with Crippen molar-refractivity contribution >= 4 is 29.1 Å². The van der Waals surface area contributed by atoms with E-state index in [0.29, 0.717) is 11.3 Å². The summed E-state index contributed by atoms with van der Waals surface area (Å²) in [7, 11) is 4.25. The number of thioether (sulfide) groups is 1. The summed E-state index contributed by atoms with van der Waals surface area (Å²) < 4.78 is 2.16. The number of carbonyl (C=O) groups excluding carboxylic acids is 2. The van der Waals surface area contributed by atoms with Crippen LogP contribution in [0.2, 0.25) is 0 Å². The van der Waals surface area contributed by atoms with E-state index >= 15 is 0 Å². The minimum Gasteiger partial charge on any atom is -0.331 e. The van der Waals surface area contributed by atoms with Crippen molar-refractivity contribution < 1.29 is 14.5 Å². The number of benzene rings is 1. The van der Waals surface area contributed by atoms with Crippen molar-refractivity contribution in [1.29, 1.82) is 0 Å². The maximum Gasteiger partial charge on any atom is 0.234 e. The Morgan fingerprint density at radius 1 is 1.21 bits per heavy atom. The highest BCUT2D eigenvalue weighted by Gasteiger charge is 2.25. The Kier molecular flexibility index (Phi) is 8.85. The SMILES string of the molecule is CCCCn1c(SCC(=O)Nc2ccccc2C(C)=O)nnc1[C@@H](CC)[NH+](C)C. The van der Waals surface area contributed by atoms with Crippen LogP contribution in [0, 0.1) is 0 Å².